The number of aromatic nitrogens is 1. The molecule has 82 valence electrons. The van der Waals surface area contributed by atoms with E-state index in [2.05, 4.69) is 16.8 Å². The number of nitrogens with two attached hydrogens (primary N) is 1. The lowest BCUT2D eigenvalue weighted by molar-refractivity contribution is 0.261. The highest BCUT2D eigenvalue weighted by Crippen LogP contribution is 2.25. The minimum absolute atomic E-state index is 0.548. The molecule has 0 atom stereocenters. The predicted molar refractivity (Wildman–Crippen MR) is 59.9 cm³/mol. The van der Waals surface area contributed by atoms with Crippen molar-refractivity contribution in [3.63, 3.8) is 0 Å². The van der Waals surface area contributed by atoms with Crippen molar-refractivity contribution in [1.29, 1.82) is 0 Å². The normalized spacial score (nSPS) is 16.1. The van der Waals surface area contributed by atoms with Crippen LogP contribution < -0.4 is 10.5 Å². The van der Waals surface area contributed by atoms with Crippen molar-refractivity contribution in [1.82, 2.24) is 9.88 Å². The number of methoxy groups -OCH3 is 1. The topological polar surface area (TPSA) is 51.4 Å². The third-order valence-corrected chi connectivity index (χ3v) is 2.90. The van der Waals surface area contributed by atoms with Crippen LogP contribution in [0, 0.1) is 0 Å². The first-order valence-electron chi connectivity index (χ1n) is 5.29. The van der Waals surface area contributed by atoms with Crippen LogP contribution in [-0.2, 0) is 13.0 Å². The fourth-order valence-electron chi connectivity index (χ4n) is 1.95. The van der Waals surface area contributed by atoms with Crippen molar-refractivity contribution in [2.24, 2.45) is 0 Å². The molecule has 1 aliphatic rings. The van der Waals surface area contributed by atoms with Crippen molar-refractivity contribution in [2.75, 3.05) is 25.9 Å². The zero-order chi connectivity index (χ0) is 10.8. The van der Waals surface area contributed by atoms with Gasteiger partial charge in [-0.2, -0.15) is 0 Å². The lowest BCUT2D eigenvalue weighted by Crippen LogP contribution is -2.31. The number of rotatable bonds is 2. The highest BCUT2D eigenvalue weighted by atomic mass is 16.5. The van der Waals surface area contributed by atoms with E-state index in [1.807, 2.05) is 6.07 Å². The van der Waals surface area contributed by atoms with Gasteiger partial charge in [-0.1, -0.05) is 6.92 Å². The number of hydrogen-bond acceptors (Lipinski definition) is 4. The van der Waals surface area contributed by atoms with Gasteiger partial charge in [-0.25, -0.2) is 4.98 Å². The summed E-state index contributed by atoms with van der Waals surface area (Å²) in [6.45, 7) is 5.23. The summed E-state index contributed by atoms with van der Waals surface area (Å²) in [4.78, 5) is 6.81. The summed E-state index contributed by atoms with van der Waals surface area (Å²) in [5, 5.41) is 0. The molecular weight excluding hydrogens is 190 g/mol. The largest absolute Gasteiger partial charge is 0.480 e. The predicted octanol–water partition coefficient (Wildman–Crippen LogP) is 1.05. The minimum Gasteiger partial charge on any atom is -0.480 e. The Morgan fingerprint density at radius 3 is 3.07 bits per heavy atom. The SMILES string of the molecule is CCN1CCc2cc(N)c(OC)nc2C1. The zero-order valence-corrected chi connectivity index (χ0v) is 9.29. The summed E-state index contributed by atoms with van der Waals surface area (Å²) < 4.78 is 5.13. The van der Waals surface area contributed by atoms with Crippen LogP contribution in [0.25, 0.3) is 0 Å². The smallest absolute Gasteiger partial charge is 0.237 e. The van der Waals surface area contributed by atoms with Crippen molar-refractivity contribution in [3.05, 3.63) is 17.3 Å². The molecule has 2 heterocycles. The number of nitrogens with zero attached hydrogens (tertiary/aromatic N) is 2. The average Bonchev–Trinajstić information content (AvgIpc) is 2.27. The molecule has 0 fully saturated rings. The second kappa shape index (κ2) is 4.06. The van der Waals surface area contributed by atoms with Crippen molar-refractivity contribution >= 4 is 5.69 Å². The zero-order valence-electron chi connectivity index (χ0n) is 9.29. The monoisotopic (exact) mass is 207 g/mol. The molecule has 0 radical (unpaired) electrons. The first kappa shape index (κ1) is 10.2. The Labute approximate surface area is 90.0 Å². The maximum absolute atomic E-state index is 5.82. The summed E-state index contributed by atoms with van der Waals surface area (Å²) in [6.07, 6.45) is 1.03. The molecule has 4 nitrogen and oxygen atoms in total. The maximum Gasteiger partial charge on any atom is 0.237 e. The Morgan fingerprint density at radius 2 is 2.40 bits per heavy atom. The summed E-state index contributed by atoms with van der Waals surface area (Å²) in [5.41, 5.74) is 8.83. The quantitative estimate of drug-likeness (QED) is 0.787. The van der Waals surface area contributed by atoms with E-state index in [9.17, 15) is 0 Å². The van der Waals surface area contributed by atoms with E-state index in [0.29, 0.717) is 11.6 Å². The molecule has 2 N–H and O–H groups in total. The molecule has 0 amide bonds. The molecule has 0 unspecified atom stereocenters. The van der Waals surface area contributed by atoms with E-state index in [1.165, 1.54) is 5.56 Å². The molecule has 4 heteroatoms. The Balaban J connectivity index is 2.33. The molecular formula is C11H17N3O. The maximum atomic E-state index is 5.82. The van der Waals surface area contributed by atoms with Gasteiger partial charge in [-0.05, 0) is 24.6 Å². The molecule has 0 spiro atoms. The van der Waals surface area contributed by atoms with Crippen LogP contribution in [0.15, 0.2) is 6.07 Å². The number of pyridine rings is 1. The summed E-state index contributed by atoms with van der Waals surface area (Å²) >= 11 is 0. The van der Waals surface area contributed by atoms with E-state index in [4.69, 9.17) is 10.5 Å². The highest BCUT2D eigenvalue weighted by molar-refractivity contribution is 5.51. The standard InChI is InChI=1S/C11H17N3O/c1-3-14-5-4-8-6-9(12)11(15-2)13-10(8)7-14/h6H,3-5,7,12H2,1-2H3. The first-order valence-corrected chi connectivity index (χ1v) is 5.29. The number of hydrogen-bond donors (Lipinski definition) is 1. The summed E-state index contributed by atoms with van der Waals surface area (Å²) in [6, 6.07) is 1.99. The third-order valence-electron chi connectivity index (χ3n) is 2.90. The van der Waals surface area contributed by atoms with Gasteiger partial charge in [-0.3, -0.25) is 4.90 Å². The van der Waals surface area contributed by atoms with Crippen LogP contribution in [-0.4, -0.2) is 30.1 Å². The Morgan fingerprint density at radius 1 is 1.60 bits per heavy atom. The number of likely N-dealkylation sites (N-methyl/N-ethyl adjacent to an activating group) is 1. The van der Waals surface area contributed by atoms with Crippen LogP contribution in [0.1, 0.15) is 18.2 Å². The lowest BCUT2D eigenvalue weighted by Gasteiger charge is -2.27. The van der Waals surface area contributed by atoms with Gasteiger partial charge in [0.2, 0.25) is 5.88 Å². The van der Waals surface area contributed by atoms with Gasteiger partial charge in [0, 0.05) is 13.1 Å². The van der Waals surface area contributed by atoms with E-state index < -0.39 is 0 Å². The van der Waals surface area contributed by atoms with Crippen LogP contribution in [0.5, 0.6) is 5.88 Å². The molecule has 0 saturated heterocycles. The Kier molecular flexibility index (Phi) is 2.77. The Bertz CT molecular complexity index is 365. The first-order chi connectivity index (χ1) is 7.24. The van der Waals surface area contributed by atoms with Crippen molar-refractivity contribution < 1.29 is 4.74 Å². The molecule has 1 aromatic heterocycles. The van der Waals surface area contributed by atoms with Gasteiger partial charge >= 0.3 is 0 Å². The molecule has 1 aromatic rings. The number of nitrogen functional groups attached to an aromatic ring is 1. The van der Waals surface area contributed by atoms with Gasteiger partial charge in [0.15, 0.2) is 0 Å². The third kappa shape index (κ3) is 1.90. The fraction of sp³-hybridized carbons (Fsp3) is 0.545. The van der Waals surface area contributed by atoms with Gasteiger partial charge in [0.05, 0.1) is 18.5 Å². The number of anilines is 1. The molecule has 2 rings (SSSR count). The van der Waals surface area contributed by atoms with Crippen LogP contribution in [0.2, 0.25) is 0 Å². The van der Waals surface area contributed by atoms with E-state index in [-0.39, 0.29) is 0 Å². The molecule has 1 aliphatic heterocycles. The molecule has 0 saturated carbocycles. The van der Waals surface area contributed by atoms with Gasteiger partial charge in [-0.15, -0.1) is 0 Å². The number of fused-ring (bicyclic) bond motifs is 1. The highest BCUT2D eigenvalue weighted by Gasteiger charge is 2.18. The summed E-state index contributed by atoms with van der Waals surface area (Å²) in [5.74, 6) is 0.548. The minimum atomic E-state index is 0.548. The lowest BCUT2D eigenvalue weighted by atomic mass is 10.0. The second-order valence-corrected chi connectivity index (χ2v) is 3.81. The number of ether oxygens (including phenoxy) is 1. The van der Waals surface area contributed by atoms with Gasteiger partial charge in [0.25, 0.3) is 0 Å². The van der Waals surface area contributed by atoms with E-state index >= 15 is 0 Å². The second-order valence-electron chi connectivity index (χ2n) is 3.81. The van der Waals surface area contributed by atoms with Crippen molar-refractivity contribution in [3.8, 4) is 5.88 Å². The van der Waals surface area contributed by atoms with E-state index in [1.54, 1.807) is 7.11 Å². The van der Waals surface area contributed by atoms with Gasteiger partial charge < -0.3 is 10.5 Å². The van der Waals surface area contributed by atoms with Crippen LogP contribution in [0.4, 0.5) is 5.69 Å². The van der Waals surface area contributed by atoms with Gasteiger partial charge in [0.1, 0.15) is 0 Å². The van der Waals surface area contributed by atoms with Crippen LogP contribution in [0.3, 0.4) is 0 Å². The molecule has 0 aromatic carbocycles. The Hall–Kier alpha value is -1.29. The average molecular weight is 207 g/mol. The van der Waals surface area contributed by atoms with Crippen molar-refractivity contribution in [2.45, 2.75) is 19.9 Å². The van der Waals surface area contributed by atoms with Crippen LogP contribution >= 0.6 is 0 Å². The fourth-order valence-corrected chi connectivity index (χ4v) is 1.95. The molecule has 0 aliphatic carbocycles. The molecule has 15 heavy (non-hydrogen) atoms. The molecule has 0 bridgehead atoms. The van der Waals surface area contributed by atoms with E-state index in [0.717, 1.165) is 31.7 Å². The summed E-state index contributed by atoms with van der Waals surface area (Å²) in [7, 11) is 1.60.